The van der Waals surface area contributed by atoms with Crippen LogP contribution in [0.25, 0.3) is 10.9 Å². The molecule has 168 valence electrons. The highest BCUT2D eigenvalue weighted by atomic mass is 79.9. The number of nitrogens with zero attached hydrogens (tertiary/aromatic N) is 3. The van der Waals surface area contributed by atoms with Gasteiger partial charge in [0.1, 0.15) is 11.6 Å². The number of carbonyl (C=O) groups is 1. The summed E-state index contributed by atoms with van der Waals surface area (Å²) < 4.78 is 8.72. The molecule has 10 heteroatoms. The molecule has 0 unspecified atom stereocenters. The molecule has 2 atom stereocenters. The molecule has 0 saturated heterocycles. The number of fused-ring (bicyclic) bond motifs is 1. The number of ether oxygens (including phenoxy) is 1. The highest BCUT2D eigenvalue weighted by Crippen LogP contribution is 2.35. The molecule has 0 spiro atoms. The van der Waals surface area contributed by atoms with Crippen LogP contribution in [0.3, 0.4) is 0 Å². The minimum atomic E-state index is -1.07. The predicted molar refractivity (Wildman–Crippen MR) is 135 cm³/mol. The van der Waals surface area contributed by atoms with E-state index in [1.165, 1.54) is 11.6 Å². The SMILES string of the molecule is CC[C@H](C)c1nc2ccc(Br)cc2c(=O)n1N=Cc1cc(Br)c(O[C@@H](C)C(=O)O)c(Br)c1. The van der Waals surface area contributed by atoms with E-state index in [4.69, 9.17) is 14.8 Å². The number of hydrogen-bond acceptors (Lipinski definition) is 5. The molecular weight excluding hydrogens is 610 g/mol. The van der Waals surface area contributed by atoms with Crippen molar-refractivity contribution in [2.45, 2.75) is 39.2 Å². The van der Waals surface area contributed by atoms with Crippen LogP contribution in [0.1, 0.15) is 44.5 Å². The van der Waals surface area contributed by atoms with Crippen LogP contribution in [-0.2, 0) is 4.79 Å². The van der Waals surface area contributed by atoms with Gasteiger partial charge >= 0.3 is 5.97 Å². The molecule has 32 heavy (non-hydrogen) atoms. The van der Waals surface area contributed by atoms with Crippen LogP contribution >= 0.6 is 47.8 Å². The van der Waals surface area contributed by atoms with Crippen LogP contribution in [0.2, 0.25) is 0 Å². The third-order valence-electron chi connectivity index (χ3n) is 4.87. The molecule has 1 aromatic heterocycles. The molecule has 0 fully saturated rings. The second-order valence-corrected chi connectivity index (χ2v) is 9.84. The Hall–Kier alpha value is -2.04. The number of rotatable bonds is 7. The van der Waals surface area contributed by atoms with E-state index in [0.29, 0.717) is 37.0 Å². The number of carboxylic acid groups (broad SMARTS) is 1. The zero-order chi connectivity index (χ0) is 23.6. The lowest BCUT2D eigenvalue weighted by atomic mass is 10.1. The van der Waals surface area contributed by atoms with E-state index in [1.807, 2.05) is 26.0 Å². The first kappa shape index (κ1) is 24.6. The number of benzene rings is 2. The Balaban J connectivity index is 2.07. The third-order valence-corrected chi connectivity index (χ3v) is 6.54. The normalized spacial score (nSPS) is 13.4. The van der Waals surface area contributed by atoms with Gasteiger partial charge in [0.15, 0.2) is 6.10 Å². The van der Waals surface area contributed by atoms with Gasteiger partial charge in [0.05, 0.1) is 26.1 Å². The van der Waals surface area contributed by atoms with Gasteiger partial charge in [-0.3, -0.25) is 4.79 Å². The Morgan fingerprint density at radius 3 is 2.47 bits per heavy atom. The topological polar surface area (TPSA) is 93.8 Å². The standard InChI is InChI=1S/C22H20Br3N3O4/c1-4-11(2)20-27-18-6-5-14(23)9-15(18)21(29)28(20)26-10-13-7-16(24)19(17(25)8-13)32-12(3)22(30)31/h5-12H,4H2,1-3H3,(H,30,31)/t11-,12-/m0/s1. The number of carboxylic acids is 1. The van der Waals surface area contributed by atoms with Gasteiger partial charge in [-0.1, -0.05) is 29.8 Å². The van der Waals surface area contributed by atoms with E-state index in [2.05, 4.69) is 52.9 Å². The fraction of sp³-hybridized carbons (Fsp3) is 0.273. The summed E-state index contributed by atoms with van der Waals surface area (Å²) in [6, 6.07) is 8.87. The maximum atomic E-state index is 13.2. The average Bonchev–Trinajstić information content (AvgIpc) is 2.75. The maximum Gasteiger partial charge on any atom is 0.344 e. The summed E-state index contributed by atoms with van der Waals surface area (Å²) in [4.78, 5) is 29.0. The largest absolute Gasteiger partial charge is 0.479 e. The maximum absolute atomic E-state index is 13.2. The molecule has 0 aliphatic heterocycles. The van der Waals surface area contributed by atoms with E-state index in [1.54, 1.807) is 24.4 Å². The molecule has 1 heterocycles. The summed E-state index contributed by atoms with van der Waals surface area (Å²) in [7, 11) is 0. The van der Waals surface area contributed by atoms with Crippen molar-refractivity contribution in [1.29, 1.82) is 0 Å². The van der Waals surface area contributed by atoms with Gasteiger partial charge in [-0.2, -0.15) is 9.78 Å². The minimum absolute atomic E-state index is 0.0275. The molecule has 3 rings (SSSR count). The van der Waals surface area contributed by atoms with Crippen molar-refractivity contribution in [1.82, 2.24) is 9.66 Å². The number of halogens is 3. The zero-order valence-corrected chi connectivity index (χ0v) is 22.2. The molecule has 3 aromatic rings. The summed E-state index contributed by atoms with van der Waals surface area (Å²) in [5, 5.41) is 14.0. The van der Waals surface area contributed by atoms with E-state index in [0.717, 1.165) is 10.9 Å². The molecule has 0 aliphatic rings. The van der Waals surface area contributed by atoms with Crippen LogP contribution in [0, 0.1) is 0 Å². The van der Waals surface area contributed by atoms with Crippen LogP contribution in [0.4, 0.5) is 0 Å². The van der Waals surface area contributed by atoms with Crippen LogP contribution in [0.5, 0.6) is 5.75 Å². The van der Waals surface area contributed by atoms with Crippen LogP contribution in [0.15, 0.2) is 53.6 Å². The van der Waals surface area contributed by atoms with Gasteiger partial charge < -0.3 is 9.84 Å². The highest BCUT2D eigenvalue weighted by molar-refractivity contribution is 9.11. The van der Waals surface area contributed by atoms with E-state index in [-0.39, 0.29) is 11.5 Å². The summed E-state index contributed by atoms with van der Waals surface area (Å²) in [6.45, 7) is 5.48. The summed E-state index contributed by atoms with van der Waals surface area (Å²) in [5.41, 5.74) is 1.05. The van der Waals surface area contributed by atoms with Gasteiger partial charge in [0, 0.05) is 10.4 Å². The third kappa shape index (κ3) is 5.29. The molecule has 7 nitrogen and oxygen atoms in total. The lowest BCUT2D eigenvalue weighted by molar-refractivity contribution is -0.144. The molecule has 0 radical (unpaired) electrons. The van der Waals surface area contributed by atoms with E-state index >= 15 is 0 Å². The molecule has 1 N–H and O–H groups in total. The van der Waals surface area contributed by atoms with Crippen molar-refractivity contribution < 1.29 is 14.6 Å². The lowest BCUT2D eigenvalue weighted by Gasteiger charge is -2.15. The monoisotopic (exact) mass is 627 g/mol. The smallest absolute Gasteiger partial charge is 0.344 e. The Labute approximate surface area is 209 Å². The molecule has 0 aliphatic carbocycles. The summed E-state index contributed by atoms with van der Waals surface area (Å²) in [5.74, 6) is -0.0925. The van der Waals surface area contributed by atoms with Crippen LogP contribution < -0.4 is 10.3 Å². The van der Waals surface area contributed by atoms with Crippen molar-refractivity contribution in [3.63, 3.8) is 0 Å². The predicted octanol–water partition coefficient (Wildman–Crippen LogP) is 5.93. The van der Waals surface area contributed by atoms with Crippen molar-refractivity contribution in [2.75, 3.05) is 0 Å². The van der Waals surface area contributed by atoms with Gasteiger partial charge in [0.25, 0.3) is 5.56 Å². The number of aromatic nitrogens is 2. The number of aliphatic carboxylic acids is 1. The first-order chi connectivity index (χ1) is 15.1. The Bertz CT molecular complexity index is 1250. The molecular formula is C22H20Br3N3O4. The second-order valence-electron chi connectivity index (χ2n) is 7.21. The van der Waals surface area contributed by atoms with Crippen molar-refractivity contribution in [3.8, 4) is 5.75 Å². The van der Waals surface area contributed by atoms with Crippen molar-refractivity contribution >= 4 is 70.9 Å². The van der Waals surface area contributed by atoms with E-state index < -0.39 is 12.1 Å². The first-order valence-corrected chi connectivity index (χ1v) is 12.1. The zero-order valence-electron chi connectivity index (χ0n) is 17.5. The molecule has 0 amide bonds. The fourth-order valence-electron chi connectivity index (χ4n) is 2.90. The van der Waals surface area contributed by atoms with Gasteiger partial charge in [0.2, 0.25) is 0 Å². The Kier molecular flexibility index (Phi) is 7.89. The van der Waals surface area contributed by atoms with Gasteiger partial charge in [-0.25, -0.2) is 9.78 Å². The molecule has 0 saturated carbocycles. The fourth-order valence-corrected chi connectivity index (χ4v) is 4.67. The van der Waals surface area contributed by atoms with Crippen molar-refractivity contribution in [3.05, 3.63) is 65.5 Å². The minimum Gasteiger partial charge on any atom is -0.479 e. The first-order valence-electron chi connectivity index (χ1n) is 9.77. The summed E-state index contributed by atoms with van der Waals surface area (Å²) in [6.07, 6.45) is 1.34. The Morgan fingerprint density at radius 1 is 1.22 bits per heavy atom. The van der Waals surface area contributed by atoms with Gasteiger partial charge in [-0.05, 0) is 81.1 Å². The Morgan fingerprint density at radius 2 is 1.88 bits per heavy atom. The van der Waals surface area contributed by atoms with E-state index in [9.17, 15) is 9.59 Å². The molecule has 2 aromatic carbocycles. The second kappa shape index (κ2) is 10.3. The quantitative estimate of drug-likeness (QED) is 0.327. The van der Waals surface area contributed by atoms with Gasteiger partial charge in [-0.15, -0.1) is 0 Å². The van der Waals surface area contributed by atoms with Crippen molar-refractivity contribution in [2.24, 2.45) is 5.10 Å². The average molecular weight is 630 g/mol. The molecule has 0 bridgehead atoms. The van der Waals surface area contributed by atoms with Crippen LogP contribution in [-0.4, -0.2) is 33.1 Å². The summed E-state index contributed by atoms with van der Waals surface area (Å²) >= 11 is 10.2. The lowest BCUT2D eigenvalue weighted by Crippen LogP contribution is -2.24. The number of hydrogen-bond donors (Lipinski definition) is 1. The highest BCUT2D eigenvalue weighted by Gasteiger charge is 2.18.